The van der Waals surface area contributed by atoms with Gasteiger partial charge in [0.25, 0.3) is 0 Å². The Labute approximate surface area is 123 Å². The Morgan fingerprint density at radius 3 is 2.20 bits per heavy atom. The smallest absolute Gasteiger partial charge is 0.0289 e. The molecule has 20 heavy (non-hydrogen) atoms. The lowest BCUT2D eigenvalue weighted by Crippen LogP contribution is -2.23. The van der Waals surface area contributed by atoms with Crippen molar-refractivity contribution in [3.8, 4) is 0 Å². The zero-order valence-corrected chi connectivity index (χ0v) is 12.9. The molecule has 0 saturated carbocycles. The Kier molecular flexibility index (Phi) is 6.47. The SMILES string of the molecule is C=C(CC)CCC(=C)c1ccc(CC(N)C(=C)C)cc1. The number of nitrogens with two attached hydrogens (primary N) is 1. The molecule has 0 spiro atoms. The second kappa shape index (κ2) is 7.86. The van der Waals surface area contributed by atoms with E-state index >= 15 is 0 Å². The first-order valence-corrected chi connectivity index (χ1v) is 7.28. The van der Waals surface area contributed by atoms with Crippen molar-refractivity contribution in [3.05, 3.63) is 66.3 Å². The Bertz CT molecular complexity index is 479. The van der Waals surface area contributed by atoms with Crippen LogP contribution in [0.4, 0.5) is 0 Å². The lowest BCUT2D eigenvalue weighted by molar-refractivity contribution is 0.766. The second-order valence-electron chi connectivity index (χ2n) is 5.56. The van der Waals surface area contributed by atoms with Gasteiger partial charge in [-0.1, -0.05) is 62.1 Å². The van der Waals surface area contributed by atoms with Crippen LogP contribution in [0, 0.1) is 0 Å². The van der Waals surface area contributed by atoms with E-state index in [4.69, 9.17) is 5.73 Å². The lowest BCUT2D eigenvalue weighted by atomic mass is 9.96. The van der Waals surface area contributed by atoms with Crippen molar-refractivity contribution in [1.29, 1.82) is 0 Å². The quantitative estimate of drug-likeness (QED) is 0.668. The fraction of sp³-hybridized carbons (Fsp3) is 0.368. The molecule has 0 aliphatic carbocycles. The maximum atomic E-state index is 6.02. The number of allylic oxidation sites excluding steroid dienone is 2. The molecular formula is C19H27N. The molecule has 0 bridgehead atoms. The zero-order valence-electron chi connectivity index (χ0n) is 12.9. The molecule has 0 aliphatic heterocycles. The van der Waals surface area contributed by atoms with Crippen LogP contribution >= 0.6 is 0 Å². The van der Waals surface area contributed by atoms with E-state index in [-0.39, 0.29) is 6.04 Å². The van der Waals surface area contributed by atoms with Gasteiger partial charge in [-0.25, -0.2) is 0 Å². The third-order valence-electron chi connectivity index (χ3n) is 3.73. The van der Waals surface area contributed by atoms with Crippen molar-refractivity contribution in [3.63, 3.8) is 0 Å². The van der Waals surface area contributed by atoms with E-state index in [1.807, 2.05) is 6.92 Å². The van der Waals surface area contributed by atoms with Gasteiger partial charge in [-0.15, -0.1) is 0 Å². The average Bonchev–Trinajstić information content (AvgIpc) is 2.44. The van der Waals surface area contributed by atoms with Gasteiger partial charge in [0.15, 0.2) is 0 Å². The molecule has 1 unspecified atom stereocenters. The van der Waals surface area contributed by atoms with E-state index in [0.717, 1.165) is 31.3 Å². The molecule has 0 amide bonds. The van der Waals surface area contributed by atoms with Crippen LogP contribution in [-0.4, -0.2) is 6.04 Å². The van der Waals surface area contributed by atoms with Crippen molar-refractivity contribution < 1.29 is 0 Å². The molecule has 1 nitrogen and oxygen atoms in total. The third kappa shape index (κ3) is 5.18. The predicted molar refractivity (Wildman–Crippen MR) is 90.6 cm³/mol. The number of hydrogen-bond donors (Lipinski definition) is 1. The summed E-state index contributed by atoms with van der Waals surface area (Å²) in [6, 6.07) is 8.59. The van der Waals surface area contributed by atoms with Gasteiger partial charge in [-0.2, -0.15) is 0 Å². The van der Waals surface area contributed by atoms with Crippen molar-refractivity contribution in [1.82, 2.24) is 0 Å². The third-order valence-corrected chi connectivity index (χ3v) is 3.73. The first-order valence-electron chi connectivity index (χ1n) is 7.28. The summed E-state index contributed by atoms with van der Waals surface area (Å²) in [7, 11) is 0. The molecule has 0 heterocycles. The van der Waals surface area contributed by atoms with Crippen LogP contribution in [0.3, 0.4) is 0 Å². The van der Waals surface area contributed by atoms with Crippen molar-refractivity contribution in [2.75, 3.05) is 0 Å². The average molecular weight is 269 g/mol. The fourth-order valence-corrected chi connectivity index (χ4v) is 1.95. The van der Waals surface area contributed by atoms with Crippen molar-refractivity contribution in [2.45, 2.75) is 45.6 Å². The highest BCUT2D eigenvalue weighted by Crippen LogP contribution is 2.21. The molecule has 0 aliphatic rings. The van der Waals surface area contributed by atoms with Gasteiger partial charge in [0, 0.05) is 6.04 Å². The van der Waals surface area contributed by atoms with E-state index in [0.29, 0.717) is 0 Å². The second-order valence-corrected chi connectivity index (χ2v) is 5.56. The van der Waals surface area contributed by atoms with E-state index in [9.17, 15) is 0 Å². The first-order chi connectivity index (χ1) is 9.43. The Morgan fingerprint density at radius 1 is 1.10 bits per heavy atom. The van der Waals surface area contributed by atoms with Gasteiger partial charge in [0.1, 0.15) is 0 Å². The van der Waals surface area contributed by atoms with Crippen LogP contribution in [0.25, 0.3) is 5.57 Å². The summed E-state index contributed by atoms with van der Waals surface area (Å²) in [4.78, 5) is 0. The minimum atomic E-state index is 0.0388. The highest BCUT2D eigenvalue weighted by Gasteiger charge is 2.05. The summed E-state index contributed by atoms with van der Waals surface area (Å²) in [6.07, 6.45) is 3.90. The number of hydrogen-bond acceptors (Lipinski definition) is 1. The van der Waals surface area contributed by atoms with E-state index in [1.165, 1.54) is 22.3 Å². The standard InChI is InChI=1S/C19H27N/c1-6-15(4)7-8-16(5)18-11-9-17(10-12-18)13-19(20)14(2)3/h9-12,19H,2,4-8,13,20H2,1,3H3. The van der Waals surface area contributed by atoms with Crippen molar-refractivity contribution in [2.24, 2.45) is 5.73 Å². The maximum Gasteiger partial charge on any atom is 0.0289 e. The number of benzene rings is 1. The van der Waals surface area contributed by atoms with E-state index < -0.39 is 0 Å². The van der Waals surface area contributed by atoms with Gasteiger partial charge >= 0.3 is 0 Å². The van der Waals surface area contributed by atoms with Crippen LogP contribution in [0.2, 0.25) is 0 Å². The molecule has 1 aromatic rings. The van der Waals surface area contributed by atoms with Crippen LogP contribution in [0.15, 0.2) is 55.1 Å². The molecule has 0 aromatic heterocycles. The molecule has 108 valence electrons. The molecule has 1 rings (SSSR count). The Hall–Kier alpha value is -1.60. The topological polar surface area (TPSA) is 26.0 Å². The lowest BCUT2D eigenvalue weighted by Gasteiger charge is -2.12. The van der Waals surface area contributed by atoms with Gasteiger partial charge < -0.3 is 5.73 Å². The summed E-state index contributed by atoms with van der Waals surface area (Å²) in [5, 5.41) is 0. The minimum absolute atomic E-state index is 0.0388. The summed E-state index contributed by atoms with van der Waals surface area (Å²) >= 11 is 0. The van der Waals surface area contributed by atoms with Crippen LogP contribution < -0.4 is 5.73 Å². The highest BCUT2D eigenvalue weighted by atomic mass is 14.6. The molecule has 1 heteroatoms. The first kappa shape index (κ1) is 16.5. The fourth-order valence-electron chi connectivity index (χ4n) is 1.95. The molecule has 0 fully saturated rings. The van der Waals surface area contributed by atoms with Crippen LogP contribution in [0.5, 0.6) is 0 Å². The zero-order chi connectivity index (χ0) is 15.1. The summed E-state index contributed by atoms with van der Waals surface area (Å²) < 4.78 is 0. The van der Waals surface area contributed by atoms with Crippen LogP contribution in [-0.2, 0) is 6.42 Å². The number of rotatable bonds is 8. The normalized spacial score (nSPS) is 11.9. The molecule has 0 radical (unpaired) electrons. The molecular weight excluding hydrogens is 242 g/mol. The Balaban J connectivity index is 2.59. The van der Waals surface area contributed by atoms with E-state index in [1.54, 1.807) is 0 Å². The molecule has 2 N–H and O–H groups in total. The maximum absolute atomic E-state index is 6.02. The molecule has 1 atom stereocenters. The van der Waals surface area contributed by atoms with E-state index in [2.05, 4.69) is 50.9 Å². The van der Waals surface area contributed by atoms with Gasteiger partial charge in [0.05, 0.1) is 0 Å². The van der Waals surface area contributed by atoms with Crippen LogP contribution in [0.1, 0.15) is 44.2 Å². The molecule has 0 saturated heterocycles. The summed E-state index contributed by atoms with van der Waals surface area (Å²) in [6.45, 7) is 16.2. The highest BCUT2D eigenvalue weighted by molar-refractivity contribution is 5.63. The van der Waals surface area contributed by atoms with Gasteiger partial charge in [-0.3, -0.25) is 0 Å². The largest absolute Gasteiger partial charge is 0.324 e. The molecule has 1 aromatic carbocycles. The monoisotopic (exact) mass is 269 g/mol. The summed E-state index contributed by atoms with van der Waals surface area (Å²) in [5.74, 6) is 0. The van der Waals surface area contributed by atoms with Gasteiger partial charge in [0.2, 0.25) is 0 Å². The van der Waals surface area contributed by atoms with Gasteiger partial charge in [-0.05, 0) is 49.3 Å². The predicted octanol–water partition coefficient (Wildman–Crippen LogP) is 4.89. The summed E-state index contributed by atoms with van der Waals surface area (Å²) in [5.41, 5.74) is 12.0. The minimum Gasteiger partial charge on any atom is -0.324 e. The Morgan fingerprint density at radius 2 is 1.70 bits per heavy atom. The van der Waals surface area contributed by atoms with Crippen molar-refractivity contribution >= 4 is 5.57 Å².